The van der Waals surface area contributed by atoms with Crippen molar-refractivity contribution < 1.29 is 28.5 Å². The molecule has 1 aliphatic rings. The number of fused-ring (bicyclic) bond motifs is 1. The number of carbonyl (C=O) groups is 1. The Hall–Kier alpha value is -2.60. The van der Waals surface area contributed by atoms with Crippen LogP contribution in [0.2, 0.25) is 5.02 Å². The average Bonchev–Trinajstić information content (AvgIpc) is 3.08. The summed E-state index contributed by atoms with van der Waals surface area (Å²) in [5.74, 6) is 1.63. The Bertz CT molecular complexity index is 774. The first-order chi connectivity index (χ1) is 11.6. The normalized spacial score (nSPS) is 12.0. The smallest absolute Gasteiger partial charge is 0.337 e. The molecule has 126 valence electrons. The van der Waals surface area contributed by atoms with Gasteiger partial charge in [-0.3, -0.25) is 0 Å². The highest BCUT2D eigenvalue weighted by atomic mass is 35.5. The van der Waals surface area contributed by atoms with E-state index in [2.05, 4.69) is 4.74 Å². The largest absolute Gasteiger partial charge is 0.493 e. The summed E-state index contributed by atoms with van der Waals surface area (Å²) < 4.78 is 26.3. The van der Waals surface area contributed by atoms with Gasteiger partial charge in [0.05, 0.1) is 24.8 Å². The lowest BCUT2D eigenvalue weighted by Crippen LogP contribution is -2.03. The quantitative estimate of drug-likeness (QED) is 0.770. The molecule has 0 aliphatic carbocycles. The minimum Gasteiger partial charge on any atom is -0.493 e. The summed E-state index contributed by atoms with van der Waals surface area (Å²) in [6, 6.07) is 8.39. The number of benzene rings is 2. The topological polar surface area (TPSA) is 63.2 Å². The van der Waals surface area contributed by atoms with E-state index in [0.29, 0.717) is 33.6 Å². The van der Waals surface area contributed by atoms with Crippen LogP contribution in [0.15, 0.2) is 30.3 Å². The van der Waals surface area contributed by atoms with Gasteiger partial charge in [-0.1, -0.05) is 11.6 Å². The molecular formula is C17H15ClO6. The maximum Gasteiger partial charge on any atom is 0.337 e. The van der Waals surface area contributed by atoms with Crippen LogP contribution in [0.3, 0.4) is 0 Å². The number of esters is 1. The summed E-state index contributed by atoms with van der Waals surface area (Å²) in [7, 11) is 2.82. The Kier molecular flexibility index (Phi) is 4.66. The molecule has 0 unspecified atom stereocenters. The fourth-order valence-electron chi connectivity index (χ4n) is 2.30. The molecule has 1 heterocycles. The molecule has 2 aromatic rings. The predicted octanol–water partition coefficient (Wildman–Crippen LogP) is 3.44. The first kappa shape index (κ1) is 16.3. The molecule has 0 fully saturated rings. The highest BCUT2D eigenvalue weighted by Crippen LogP contribution is 2.40. The second kappa shape index (κ2) is 6.88. The molecule has 0 saturated carbocycles. The summed E-state index contributed by atoms with van der Waals surface area (Å²) in [5.41, 5.74) is 1.20. The van der Waals surface area contributed by atoms with Gasteiger partial charge in [0.1, 0.15) is 6.61 Å². The van der Waals surface area contributed by atoms with Crippen LogP contribution >= 0.6 is 11.6 Å². The van der Waals surface area contributed by atoms with E-state index in [-0.39, 0.29) is 13.4 Å². The third kappa shape index (κ3) is 3.19. The molecule has 0 atom stereocenters. The monoisotopic (exact) mass is 350 g/mol. The fourth-order valence-corrected chi connectivity index (χ4v) is 2.58. The maximum absolute atomic E-state index is 11.6. The molecule has 6 nitrogen and oxygen atoms in total. The lowest BCUT2D eigenvalue weighted by Gasteiger charge is -2.12. The fraction of sp³-hybridized carbons (Fsp3) is 0.235. The van der Waals surface area contributed by atoms with Crippen LogP contribution in [0.25, 0.3) is 0 Å². The van der Waals surface area contributed by atoms with Crippen molar-refractivity contribution in [2.24, 2.45) is 0 Å². The molecular weight excluding hydrogens is 336 g/mol. The molecule has 0 bridgehead atoms. The number of rotatable bonds is 5. The number of ether oxygens (including phenoxy) is 5. The van der Waals surface area contributed by atoms with Crippen molar-refractivity contribution in [2.45, 2.75) is 6.61 Å². The zero-order valence-electron chi connectivity index (χ0n) is 13.1. The Morgan fingerprint density at radius 1 is 1.17 bits per heavy atom. The van der Waals surface area contributed by atoms with Crippen LogP contribution in [-0.4, -0.2) is 27.0 Å². The molecule has 0 spiro atoms. The van der Waals surface area contributed by atoms with Crippen molar-refractivity contribution in [2.75, 3.05) is 21.0 Å². The zero-order valence-corrected chi connectivity index (χ0v) is 13.9. The summed E-state index contributed by atoms with van der Waals surface area (Å²) in [6.45, 7) is 0.409. The van der Waals surface area contributed by atoms with Crippen LogP contribution in [0.5, 0.6) is 23.0 Å². The van der Waals surface area contributed by atoms with Gasteiger partial charge in [0.25, 0.3) is 0 Å². The van der Waals surface area contributed by atoms with E-state index in [1.807, 2.05) is 6.07 Å². The van der Waals surface area contributed by atoms with Crippen LogP contribution in [0.4, 0.5) is 0 Å². The van der Waals surface area contributed by atoms with Crippen molar-refractivity contribution in [1.82, 2.24) is 0 Å². The Morgan fingerprint density at radius 3 is 2.75 bits per heavy atom. The molecule has 0 aromatic heterocycles. The van der Waals surface area contributed by atoms with E-state index >= 15 is 0 Å². The van der Waals surface area contributed by atoms with Gasteiger partial charge in [0.15, 0.2) is 23.0 Å². The Balaban J connectivity index is 1.77. The first-order valence-electron chi connectivity index (χ1n) is 7.09. The second-order valence-electron chi connectivity index (χ2n) is 4.96. The number of methoxy groups -OCH3 is 2. The predicted molar refractivity (Wildman–Crippen MR) is 86.2 cm³/mol. The highest BCUT2D eigenvalue weighted by Gasteiger charge is 2.19. The molecule has 1 aliphatic heterocycles. The van der Waals surface area contributed by atoms with Gasteiger partial charge in [0.2, 0.25) is 6.79 Å². The van der Waals surface area contributed by atoms with Crippen LogP contribution in [0, 0.1) is 0 Å². The number of carbonyl (C=O) groups excluding carboxylic acids is 1. The van der Waals surface area contributed by atoms with Gasteiger partial charge in [-0.25, -0.2) is 4.79 Å². The lowest BCUT2D eigenvalue weighted by molar-refractivity contribution is 0.0600. The molecule has 2 aromatic carbocycles. The molecule has 0 amide bonds. The second-order valence-corrected chi connectivity index (χ2v) is 5.36. The zero-order chi connectivity index (χ0) is 17.1. The first-order valence-corrected chi connectivity index (χ1v) is 7.47. The van der Waals surface area contributed by atoms with Crippen molar-refractivity contribution >= 4 is 17.6 Å². The minimum absolute atomic E-state index is 0.155. The highest BCUT2D eigenvalue weighted by molar-refractivity contribution is 6.32. The van der Waals surface area contributed by atoms with Gasteiger partial charge < -0.3 is 23.7 Å². The van der Waals surface area contributed by atoms with Gasteiger partial charge in [-0.15, -0.1) is 0 Å². The van der Waals surface area contributed by atoms with E-state index in [1.165, 1.54) is 14.2 Å². The molecule has 0 radical (unpaired) electrons. The van der Waals surface area contributed by atoms with Crippen LogP contribution in [0.1, 0.15) is 15.9 Å². The van der Waals surface area contributed by atoms with Gasteiger partial charge >= 0.3 is 5.97 Å². The van der Waals surface area contributed by atoms with E-state index in [0.717, 1.165) is 5.56 Å². The molecule has 7 heteroatoms. The van der Waals surface area contributed by atoms with Crippen molar-refractivity contribution in [3.05, 3.63) is 46.5 Å². The summed E-state index contributed by atoms with van der Waals surface area (Å²) >= 11 is 6.15. The minimum atomic E-state index is -0.442. The average molecular weight is 351 g/mol. The molecule has 3 rings (SSSR count). The Morgan fingerprint density at radius 2 is 2.00 bits per heavy atom. The summed E-state index contributed by atoms with van der Waals surface area (Å²) in [5, 5.41) is 0.469. The van der Waals surface area contributed by atoms with Gasteiger partial charge in [-0.2, -0.15) is 0 Å². The van der Waals surface area contributed by atoms with Crippen molar-refractivity contribution in [1.29, 1.82) is 0 Å². The summed E-state index contributed by atoms with van der Waals surface area (Å²) in [6.07, 6.45) is 0. The van der Waals surface area contributed by atoms with E-state index in [1.54, 1.807) is 24.3 Å². The number of halogens is 1. The summed E-state index contributed by atoms with van der Waals surface area (Å²) in [4.78, 5) is 11.6. The SMILES string of the molecule is COC(=O)c1ccc(OCc2cc(Cl)c3c(c2)OCO3)c(OC)c1. The third-order valence-corrected chi connectivity index (χ3v) is 3.75. The van der Waals surface area contributed by atoms with E-state index < -0.39 is 5.97 Å². The van der Waals surface area contributed by atoms with Crippen molar-refractivity contribution in [3.63, 3.8) is 0 Å². The number of hydrogen-bond donors (Lipinski definition) is 0. The molecule has 24 heavy (non-hydrogen) atoms. The van der Waals surface area contributed by atoms with Crippen molar-refractivity contribution in [3.8, 4) is 23.0 Å². The number of hydrogen-bond acceptors (Lipinski definition) is 6. The standard InChI is InChI=1S/C17H15ClO6/c1-20-14-7-11(17(19)21-2)3-4-13(14)22-8-10-5-12(18)16-15(6-10)23-9-24-16/h3-7H,8-9H2,1-2H3. The van der Waals surface area contributed by atoms with Crippen LogP contribution in [-0.2, 0) is 11.3 Å². The van der Waals surface area contributed by atoms with Crippen LogP contribution < -0.4 is 18.9 Å². The molecule has 0 saturated heterocycles. The maximum atomic E-state index is 11.6. The lowest BCUT2D eigenvalue weighted by atomic mass is 10.2. The van der Waals surface area contributed by atoms with Gasteiger partial charge in [-0.05, 0) is 35.9 Å². The van der Waals surface area contributed by atoms with E-state index in [4.69, 9.17) is 30.5 Å². The van der Waals surface area contributed by atoms with Gasteiger partial charge in [0, 0.05) is 0 Å². The third-order valence-electron chi connectivity index (χ3n) is 3.47. The Labute approximate surface area is 143 Å². The van der Waals surface area contributed by atoms with E-state index in [9.17, 15) is 4.79 Å². The molecule has 0 N–H and O–H groups in total.